The number of nitrogens with one attached hydrogen (secondary N) is 1. The van der Waals surface area contributed by atoms with Crippen molar-refractivity contribution in [1.82, 2.24) is 5.32 Å². The Kier molecular flexibility index (Phi) is 2.15. The third-order valence-corrected chi connectivity index (χ3v) is 4.02. The van der Waals surface area contributed by atoms with Gasteiger partial charge in [-0.2, -0.15) is 0 Å². The van der Waals surface area contributed by atoms with Crippen molar-refractivity contribution in [3.05, 3.63) is 0 Å². The smallest absolute Gasteiger partial charge is 0.223 e. The van der Waals surface area contributed by atoms with Gasteiger partial charge in [-0.15, -0.1) is 0 Å². The van der Waals surface area contributed by atoms with Gasteiger partial charge < -0.3 is 5.32 Å². The van der Waals surface area contributed by atoms with Gasteiger partial charge in [0.15, 0.2) is 0 Å². The first kappa shape index (κ1) is 8.54. The molecule has 2 saturated carbocycles. The minimum Gasteiger partial charge on any atom is -0.355 e. The van der Waals surface area contributed by atoms with Gasteiger partial charge in [-0.1, -0.05) is 15.9 Å². The van der Waals surface area contributed by atoms with Crippen LogP contribution >= 0.6 is 15.9 Å². The molecule has 2 rings (SSSR count). The molecule has 0 aliphatic heterocycles. The number of hydrogen-bond acceptors (Lipinski definition) is 1. The minimum atomic E-state index is 0.280. The summed E-state index contributed by atoms with van der Waals surface area (Å²) in [5, 5.41) is 4.06. The highest BCUT2D eigenvalue weighted by Crippen LogP contribution is 2.46. The second kappa shape index (κ2) is 3.02. The van der Waals surface area contributed by atoms with Gasteiger partial charge in [0, 0.05) is 17.8 Å². The molecule has 2 aliphatic carbocycles. The van der Waals surface area contributed by atoms with Gasteiger partial charge in [-0.05, 0) is 31.1 Å². The second-order valence-corrected chi connectivity index (χ2v) is 4.69. The Morgan fingerprint density at radius 2 is 2.17 bits per heavy atom. The van der Waals surface area contributed by atoms with Crippen LogP contribution in [-0.2, 0) is 4.79 Å². The van der Waals surface area contributed by atoms with Gasteiger partial charge in [-0.25, -0.2) is 0 Å². The number of alkyl halides is 1. The van der Waals surface area contributed by atoms with E-state index in [2.05, 4.69) is 21.2 Å². The Hall–Kier alpha value is -0.0500. The van der Waals surface area contributed by atoms with Crippen LogP contribution in [0.5, 0.6) is 0 Å². The zero-order valence-electron chi connectivity index (χ0n) is 7.11. The van der Waals surface area contributed by atoms with Crippen molar-refractivity contribution in [3.8, 4) is 0 Å². The van der Waals surface area contributed by atoms with E-state index in [9.17, 15) is 4.79 Å². The lowest BCUT2D eigenvalue weighted by Crippen LogP contribution is -2.31. The van der Waals surface area contributed by atoms with E-state index in [4.69, 9.17) is 0 Å². The number of amides is 1. The summed E-state index contributed by atoms with van der Waals surface area (Å²) >= 11 is 3.48. The Balaban J connectivity index is 1.70. The minimum absolute atomic E-state index is 0.280. The molecular formula is C9H14BrNO. The van der Waals surface area contributed by atoms with Gasteiger partial charge >= 0.3 is 0 Å². The lowest BCUT2D eigenvalue weighted by molar-refractivity contribution is -0.122. The summed E-state index contributed by atoms with van der Waals surface area (Å²) < 4.78 is 0. The molecule has 2 aliphatic rings. The predicted octanol–water partition coefficient (Wildman–Crippen LogP) is 1.69. The highest BCUT2D eigenvalue weighted by Gasteiger charge is 2.42. The average Bonchev–Trinajstić information content (AvgIpc) is 2.94. The van der Waals surface area contributed by atoms with E-state index in [-0.39, 0.29) is 5.91 Å². The fraction of sp³-hybridized carbons (Fsp3) is 0.889. The maximum absolute atomic E-state index is 11.3. The van der Waals surface area contributed by atoms with Crippen molar-refractivity contribution in [2.24, 2.45) is 11.3 Å². The molecule has 0 radical (unpaired) electrons. The van der Waals surface area contributed by atoms with E-state index in [1.165, 1.54) is 12.8 Å². The molecule has 0 aromatic carbocycles. The molecule has 1 N–H and O–H groups in total. The van der Waals surface area contributed by atoms with Crippen LogP contribution in [0.3, 0.4) is 0 Å². The SMILES string of the molecule is O=C(NCC1(CBr)CC1)C1CC1. The Morgan fingerprint density at radius 1 is 1.50 bits per heavy atom. The maximum atomic E-state index is 11.3. The summed E-state index contributed by atoms with van der Waals surface area (Å²) in [4.78, 5) is 11.3. The molecule has 0 spiro atoms. The number of hydrogen-bond donors (Lipinski definition) is 1. The van der Waals surface area contributed by atoms with Gasteiger partial charge in [0.1, 0.15) is 0 Å². The van der Waals surface area contributed by atoms with Crippen LogP contribution in [0.2, 0.25) is 0 Å². The first-order chi connectivity index (χ1) is 5.76. The Labute approximate surface area is 81.2 Å². The highest BCUT2D eigenvalue weighted by atomic mass is 79.9. The molecule has 68 valence electrons. The Bertz CT molecular complexity index is 197. The monoisotopic (exact) mass is 231 g/mol. The number of carbonyl (C=O) groups is 1. The molecule has 0 aromatic rings. The average molecular weight is 232 g/mol. The molecule has 0 aromatic heterocycles. The largest absolute Gasteiger partial charge is 0.355 e. The molecule has 0 saturated heterocycles. The molecule has 0 atom stereocenters. The molecule has 0 bridgehead atoms. The van der Waals surface area contributed by atoms with Gasteiger partial charge in [-0.3, -0.25) is 4.79 Å². The highest BCUT2D eigenvalue weighted by molar-refractivity contribution is 9.09. The first-order valence-electron chi connectivity index (χ1n) is 4.59. The fourth-order valence-electron chi connectivity index (χ4n) is 1.30. The van der Waals surface area contributed by atoms with Gasteiger partial charge in [0.05, 0.1) is 0 Å². The van der Waals surface area contributed by atoms with E-state index in [1.54, 1.807) is 0 Å². The summed E-state index contributed by atoms with van der Waals surface area (Å²) in [7, 11) is 0. The standard InChI is InChI=1S/C9H14BrNO/c10-5-9(3-4-9)6-11-8(12)7-1-2-7/h7H,1-6H2,(H,11,12). The predicted molar refractivity (Wildman–Crippen MR) is 51.2 cm³/mol. The zero-order valence-corrected chi connectivity index (χ0v) is 8.69. The van der Waals surface area contributed by atoms with Crippen molar-refractivity contribution in [2.45, 2.75) is 25.7 Å². The van der Waals surface area contributed by atoms with Crippen LogP contribution in [0, 0.1) is 11.3 Å². The second-order valence-electron chi connectivity index (χ2n) is 4.13. The van der Waals surface area contributed by atoms with Crippen LogP contribution in [0.15, 0.2) is 0 Å². The summed E-state index contributed by atoms with van der Waals surface area (Å²) in [6.07, 6.45) is 4.74. The zero-order chi connectivity index (χ0) is 8.60. The van der Waals surface area contributed by atoms with E-state index in [0.717, 1.165) is 24.7 Å². The summed E-state index contributed by atoms with van der Waals surface area (Å²) in [6.45, 7) is 0.883. The topological polar surface area (TPSA) is 29.1 Å². The van der Waals surface area contributed by atoms with E-state index >= 15 is 0 Å². The lowest BCUT2D eigenvalue weighted by Gasteiger charge is -2.11. The summed E-state index contributed by atoms with van der Waals surface area (Å²) in [5.74, 6) is 0.637. The van der Waals surface area contributed by atoms with E-state index in [0.29, 0.717) is 11.3 Å². The maximum Gasteiger partial charge on any atom is 0.223 e. The summed E-state index contributed by atoms with van der Waals surface area (Å²) in [5.41, 5.74) is 0.421. The molecular weight excluding hydrogens is 218 g/mol. The fourth-order valence-corrected chi connectivity index (χ4v) is 2.06. The van der Waals surface area contributed by atoms with Crippen molar-refractivity contribution in [1.29, 1.82) is 0 Å². The van der Waals surface area contributed by atoms with Crippen LogP contribution in [0.1, 0.15) is 25.7 Å². The van der Waals surface area contributed by atoms with Crippen LogP contribution in [0.25, 0.3) is 0 Å². The molecule has 1 amide bonds. The third kappa shape index (κ3) is 1.82. The quantitative estimate of drug-likeness (QED) is 0.734. The normalized spacial score (nSPS) is 25.1. The lowest BCUT2D eigenvalue weighted by atomic mass is 10.1. The third-order valence-electron chi connectivity index (χ3n) is 2.83. The molecule has 0 unspecified atom stereocenters. The molecule has 2 nitrogen and oxygen atoms in total. The Morgan fingerprint density at radius 3 is 2.58 bits per heavy atom. The van der Waals surface area contributed by atoms with Gasteiger partial charge in [0.25, 0.3) is 0 Å². The van der Waals surface area contributed by atoms with Crippen molar-refractivity contribution in [2.75, 3.05) is 11.9 Å². The van der Waals surface area contributed by atoms with E-state index < -0.39 is 0 Å². The van der Waals surface area contributed by atoms with Crippen LogP contribution < -0.4 is 5.32 Å². The van der Waals surface area contributed by atoms with Crippen molar-refractivity contribution in [3.63, 3.8) is 0 Å². The first-order valence-corrected chi connectivity index (χ1v) is 5.72. The number of rotatable bonds is 4. The number of halogens is 1. The van der Waals surface area contributed by atoms with E-state index in [1.807, 2.05) is 0 Å². The number of carbonyl (C=O) groups excluding carboxylic acids is 1. The summed E-state index contributed by atoms with van der Waals surface area (Å²) in [6, 6.07) is 0. The molecule has 2 fully saturated rings. The van der Waals surface area contributed by atoms with Crippen LogP contribution in [-0.4, -0.2) is 17.8 Å². The molecule has 0 heterocycles. The molecule has 12 heavy (non-hydrogen) atoms. The van der Waals surface area contributed by atoms with Gasteiger partial charge in [0.2, 0.25) is 5.91 Å². The van der Waals surface area contributed by atoms with Crippen LogP contribution in [0.4, 0.5) is 0 Å². The van der Waals surface area contributed by atoms with Crippen molar-refractivity contribution < 1.29 is 4.79 Å². The molecule has 3 heteroatoms. The van der Waals surface area contributed by atoms with Crippen molar-refractivity contribution >= 4 is 21.8 Å².